The summed E-state index contributed by atoms with van der Waals surface area (Å²) in [6, 6.07) is -0.131. The summed E-state index contributed by atoms with van der Waals surface area (Å²) < 4.78 is 26.9. The number of aliphatic hydroxyl groups excluding tert-OH is 1. The summed E-state index contributed by atoms with van der Waals surface area (Å²) in [5.74, 6) is 0.702. The molecule has 0 aromatic carbocycles. The third kappa shape index (κ3) is 3.47. The van der Waals surface area contributed by atoms with Gasteiger partial charge in [-0.05, 0) is 19.6 Å². The van der Waals surface area contributed by atoms with Gasteiger partial charge in [0.1, 0.15) is 0 Å². The molecule has 0 aliphatic carbocycles. The second kappa shape index (κ2) is 6.55. The summed E-state index contributed by atoms with van der Waals surface area (Å²) in [5.41, 5.74) is 0.886. The van der Waals surface area contributed by atoms with Crippen molar-refractivity contribution in [1.82, 2.24) is 14.9 Å². The first-order valence-electron chi connectivity index (χ1n) is 5.62. The van der Waals surface area contributed by atoms with E-state index in [-0.39, 0.29) is 17.7 Å². The van der Waals surface area contributed by atoms with Crippen molar-refractivity contribution in [2.75, 3.05) is 12.0 Å². The summed E-state index contributed by atoms with van der Waals surface area (Å²) in [5, 5.41) is 15.4. The minimum Gasteiger partial charge on any atom is -0.392 e. The van der Waals surface area contributed by atoms with Crippen LogP contribution in [0.15, 0.2) is 5.03 Å². The first kappa shape index (κ1) is 15.5. The fraction of sp³-hybridized carbons (Fsp3) is 0.700. The molecule has 18 heavy (non-hydrogen) atoms. The number of hydrogen-bond acceptors (Lipinski definition) is 5. The Hall–Kier alpha value is -0.570. The van der Waals surface area contributed by atoms with E-state index in [1.807, 2.05) is 13.2 Å². The highest BCUT2D eigenvalue weighted by molar-refractivity contribution is 7.98. The summed E-state index contributed by atoms with van der Waals surface area (Å²) in [6.45, 7) is 3.25. The van der Waals surface area contributed by atoms with Gasteiger partial charge in [0.05, 0.1) is 6.61 Å². The third-order valence-electron chi connectivity index (χ3n) is 2.63. The van der Waals surface area contributed by atoms with Gasteiger partial charge >= 0.3 is 0 Å². The number of nitrogens with one attached hydrogen (secondary N) is 2. The second-order valence-electron chi connectivity index (χ2n) is 3.97. The Balaban J connectivity index is 2.98. The molecule has 0 saturated heterocycles. The molecule has 1 rings (SSSR count). The Bertz CT molecular complexity index is 485. The fourth-order valence-electron chi connectivity index (χ4n) is 1.55. The quantitative estimate of drug-likeness (QED) is 0.685. The number of nitrogens with zero attached hydrogens (tertiary/aromatic N) is 1. The van der Waals surface area contributed by atoms with Crippen LogP contribution in [-0.2, 0) is 16.6 Å². The molecule has 1 unspecified atom stereocenters. The molecule has 0 aliphatic rings. The molecule has 3 N–H and O–H groups in total. The largest absolute Gasteiger partial charge is 0.392 e. The van der Waals surface area contributed by atoms with Crippen LogP contribution in [-0.4, -0.2) is 41.8 Å². The molecule has 0 bridgehead atoms. The SMILES string of the molecule is CCC(CSC)NS(=O)(=O)c1n[nH]c(C)c1CO. The van der Waals surface area contributed by atoms with Crippen LogP contribution in [0.25, 0.3) is 0 Å². The smallest absolute Gasteiger partial charge is 0.260 e. The number of hydrogen-bond donors (Lipinski definition) is 3. The van der Waals surface area contributed by atoms with Gasteiger partial charge in [0.2, 0.25) is 0 Å². The minimum atomic E-state index is -3.68. The van der Waals surface area contributed by atoms with Crippen molar-refractivity contribution in [3.05, 3.63) is 11.3 Å². The zero-order chi connectivity index (χ0) is 13.8. The minimum absolute atomic E-state index is 0.109. The lowest BCUT2D eigenvalue weighted by atomic mass is 10.3. The highest BCUT2D eigenvalue weighted by Gasteiger charge is 2.25. The standard InChI is InChI=1S/C10H19N3O3S2/c1-4-8(6-17-3)13-18(15,16)10-9(5-14)7(2)11-12-10/h8,13-14H,4-6H2,1-3H3,(H,11,12). The van der Waals surface area contributed by atoms with Crippen molar-refractivity contribution >= 4 is 21.8 Å². The molecule has 1 atom stereocenters. The van der Waals surface area contributed by atoms with Crippen LogP contribution in [0.4, 0.5) is 0 Å². The molecular weight excluding hydrogens is 274 g/mol. The summed E-state index contributed by atoms with van der Waals surface area (Å²) in [6.07, 6.45) is 2.63. The molecule has 1 aromatic rings. The van der Waals surface area contributed by atoms with Gasteiger partial charge in [0.15, 0.2) is 5.03 Å². The average molecular weight is 293 g/mol. The van der Waals surface area contributed by atoms with E-state index in [0.29, 0.717) is 23.4 Å². The molecule has 0 amide bonds. The summed E-state index contributed by atoms with van der Waals surface area (Å²) >= 11 is 1.58. The van der Waals surface area contributed by atoms with Crippen LogP contribution in [0.1, 0.15) is 24.6 Å². The van der Waals surface area contributed by atoms with Gasteiger partial charge in [-0.1, -0.05) is 6.92 Å². The summed E-state index contributed by atoms with van der Waals surface area (Å²) in [7, 11) is -3.68. The number of sulfonamides is 1. The van der Waals surface area contributed by atoms with Crippen molar-refractivity contribution in [2.45, 2.75) is 37.9 Å². The van der Waals surface area contributed by atoms with Gasteiger partial charge in [0.25, 0.3) is 10.0 Å². The molecule has 0 radical (unpaired) electrons. The van der Waals surface area contributed by atoms with E-state index in [4.69, 9.17) is 0 Å². The predicted octanol–water partition coefficient (Wildman–Crippen LogP) is 0.630. The van der Waals surface area contributed by atoms with Crippen molar-refractivity contribution in [3.8, 4) is 0 Å². The number of aromatic nitrogens is 2. The predicted molar refractivity (Wildman–Crippen MR) is 72.0 cm³/mol. The number of aromatic amines is 1. The van der Waals surface area contributed by atoms with Gasteiger partial charge in [-0.3, -0.25) is 5.10 Å². The Morgan fingerprint density at radius 3 is 2.72 bits per heavy atom. The van der Waals surface area contributed by atoms with E-state index in [0.717, 1.165) is 0 Å². The van der Waals surface area contributed by atoms with Crippen LogP contribution in [0.3, 0.4) is 0 Å². The molecule has 1 heterocycles. The van der Waals surface area contributed by atoms with Gasteiger partial charge < -0.3 is 5.11 Å². The van der Waals surface area contributed by atoms with E-state index in [1.54, 1.807) is 18.7 Å². The number of aliphatic hydroxyl groups is 1. The van der Waals surface area contributed by atoms with E-state index in [2.05, 4.69) is 14.9 Å². The van der Waals surface area contributed by atoms with Gasteiger partial charge in [-0.15, -0.1) is 0 Å². The fourth-order valence-corrected chi connectivity index (χ4v) is 3.89. The van der Waals surface area contributed by atoms with Gasteiger partial charge in [0, 0.05) is 23.1 Å². The zero-order valence-electron chi connectivity index (χ0n) is 10.7. The molecule has 6 nitrogen and oxygen atoms in total. The molecule has 8 heteroatoms. The maximum absolute atomic E-state index is 12.2. The topological polar surface area (TPSA) is 95.1 Å². The summed E-state index contributed by atoms with van der Waals surface area (Å²) in [4.78, 5) is 0. The second-order valence-corrected chi connectivity index (χ2v) is 6.51. The molecule has 0 fully saturated rings. The molecule has 0 aliphatic heterocycles. The Kier molecular flexibility index (Phi) is 5.64. The molecule has 104 valence electrons. The van der Waals surface area contributed by atoms with E-state index < -0.39 is 10.0 Å². The maximum atomic E-state index is 12.2. The lowest BCUT2D eigenvalue weighted by molar-refractivity contribution is 0.277. The van der Waals surface area contributed by atoms with E-state index >= 15 is 0 Å². The first-order chi connectivity index (χ1) is 8.46. The highest BCUT2D eigenvalue weighted by Crippen LogP contribution is 2.17. The number of rotatable bonds is 7. The van der Waals surface area contributed by atoms with Gasteiger partial charge in [-0.25, -0.2) is 13.1 Å². The van der Waals surface area contributed by atoms with Crippen molar-refractivity contribution < 1.29 is 13.5 Å². The number of H-pyrrole nitrogens is 1. The van der Waals surface area contributed by atoms with Crippen molar-refractivity contribution in [1.29, 1.82) is 0 Å². The first-order valence-corrected chi connectivity index (χ1v) is 8.49. The van der Waals surface area contributed by atoms with Gasteiger partial charge in [-0.2, -0.15) is 16.9 Å². The molecular formula is C10H19N3O3S2. The Morgan fingerprint density at radius 1 is 1.56 bits per heavy atom. The van der Waals surface area contributed by atoms with Crippen LogP contribution < -0.4 is 4.72 Å². The van der Waals surface area contributed by atoms with Crippen molar-refractivity contribution in [3.63, 3.8) is 0 Å². The normalized spacial score (nSPS) is 13.8. The van der Waals surface area contributed by atoms with Crippen LogP contribution in [0.2, 0.25) is 0 Å². The lowest BCUT2D eigenvalue weighted by Gasteiger charge is -2.15. The monoisotopic (exact) mass is 293 g/mol. The number of aryl methyl sites for hydroxylation is 1. The van der Waals surface area contributed by atoms with E-state index in [9.17, 15) is 13.5 Å². The highest BCUT2D eigenvalue weighted by atomic mass is 32.2. The Morgan fingerprint density at radius 2 is 2.22 bits per heavy atom. The maximum Gasteiger partial charge on any atom is 0.260 e. The molecule has 1 aromatic heterocycles. The van der Waals surface area contributed by atoms with Crippen LogP contribution in [0, 0.1) is 6.92 Å². The van der Waals surface area contributed by atoms with Crippen LogP contribution >= 0.6 is 11.8 Å². The Labute approximate surface area is 112 Å². The third-order valence-corrected chi connectivity index (χ3v) is 4.86. The average Bonchev–Trinajstić information content (AvgIpc) is 2.70. The number of thioether (sulfide) groups is 1. The van der Waals surface area contributed by atoms with E-state index in [1.165, 1.54) is 0 Å². The molecule has 0 saturated carbocycles. The lowest BCUT2D eigenvalue weighted by Crippen LogP contribution is -2.36. The van der Waals surface area contributed by atoms with Crippen molar-refractivity contribution in [2.24, 2.45) is 0 Å². The molecule has 0 spiro atoms. The van der Waals surface area contributed by atoms with Crippen LogP contribution in [0.5, 0.6) is 0 Å². The zero-order valence-corrected chi connectivity index (χ0v) is 12.4.